The van der Waals surface area contributed by atoms with Gasteiger partial charge < -0.3 is 14.3 Å². The molecule has 0 aliphatic carbocycles. The number of carbonyl (C=O) groups is 1. The summed E-state index contributed by atoms with van der Waals surface area (Å²) in [6.07, 6.45) is 6.99. The van der Waals surface area contributed by atoms with E-state index in [9.17, 15) is 4.79 Å². The molecule has 1 aliphatic rings. The van der Waals surface area contributed by atoms with Crippen LogP contribution in [-0.4, -0.2) is 31.7 Å². The summed E-state index contributed by atoms with van der Waals surface area (Å²) in [7, 11) is 0. The Hall–Kier alpha value is -0.410. The summed E-state index contributed by atoms with van der Waals surface area (Å²) in [6.45, 7) is 4.31. The maximum Gasteiger partial charge on any atom is 0.151 e. The van der Waals surface area contributed by atoms with Crippen LogP contribution in [0.1, 0.15) is 45.4 Å². The van der Waals surface area contributed by atoms with Gasteiger partial charge in [-0.3, -0.25) is 0 Å². The summed E-state index contributed by atoms with van der Waals surface area (Å²) < 4.78 is 10.9. The SMILES string of the molecule is CCOCCCCC1(C=O)CCCCO1. The molecule has 1 atom stereocenters. The average Bonchev–Trinajstić information content (AvgIpc) is 2.30. The van der Waals surface area contributed by atoms with Gasteiger partial charge in [0.15, 0.2) is 6.29 Å². The number of rotatable bonds is 7. The molecule has 15 heavy (non-hydrogen) atoms. The van der Waals surface area contributed by atoms with Gasteiger partial charge in [0.25, 0.3) is 0 Å². The normalized spacial score (nSPS) is 26.5. The van der Waals surface area contributed by atoms with Gasteiger partial charge in [-0.1, -0.05) is 0 Å². The van der Waals surface area contributed by atoms with Gasteiger partial charge in [-0.2, -0.15) is 0 Å². The highest BCUT2D eigenvalue weighted by molar-refractivity contribution is 5.62. The fourth-order valence-corrected chi connectivity index (χ4v) is 2.00. The van der Waals surface area contributed by atoms with Crippen molar-refractivity contribution in [1.29, 1.82) is 0 Å². The van der Waals surface area contributed by atoms with Gasteiger partial charge in [-0.25, -0.2) is 0 Å². The quantitative estimate of drug-likeness (QED) is 0.482. The van der Waals surface area contributed by atoms with Crippen molar-refractivity contribution < 1.29 is 14.3 Å². The number of carbonyl (C=O) groups excluding carboxylic acids is 1. The van der Waals surface area contributed by atoms with Gasteiger partial charge in [0.2, 0.25) is 0 Å². The molecule has 1 unspecified atom stereocenters. The molecule has 1 fully saturated rings. The molecule has 3 nitrogen and oxygen atoms in total. The van der Waals surface area contributed by atoms with Crippen LogP contribution >= 0.6 is 0 Å². The van der Waals surface area contributed by atoms with Crippen LogP contribution in [0.25, 0.3) is 0 Å². The molecule has 1 aliphatic heterocycles. The fraction of sp³-hybridized carbons (Fsp3) is 0.917. The van der Waals surface area contributed by atoms with Crippen molar-refractivity contribution in [2.24, 2.45) is 0 Å². The molecule has 0 amide bonds. The number of hydrogen-bond donors (Lipinski definition) is 0. The largest absolute Gasteiger partial charge is 0.382 e. The highest BCUT2D eigenvalue weighted by atomic mass is 16.5. The van der Waals surface area contributed by atoms with Crippen molar-refractivity contribution in [3.63, 3.8) is 0 Å². The highest BCUT2D eigenvalue weighted by Crippen LogP contribution is 2.28. The molecule has 0 aromatic rings. The van der Waals surface area contributed by atoms with Crippen LogP contribution in [0.2, 0.25) is 0 Å². The summed E-state index contributed by atoms with van der Waals surface area (Å²) in [6, 6.07) is 0. The number of hydrogen-bond acceptors (Lipinski definition) is 3. The van der Waals surface area contributed by atoms with E-state index in [1.54, 1.807) is 0 Å². The zero-order valence-corrected chi connectivity index (χ0v) is 9.67. The first-order valence-electron chi connectivity index (χ1n) is 6.01. The third-order valence-corrected chi connectivity index (χ3v) is 2.94. The van der Waals surface area contributed by atoms with Crippen molar-refractivity contribution in [3.8, 4) is 0 Å². The molecule has 0 radical (unpaired) electrons. The molecule has 0 saturated carbocycles. The summed E-state index contributed by atoms with van der Waals surface area (Å²) >= 11 is 0. The van der Waals surface area contributed by atoms with Crippen molar-refractivity contribution >= 4 is 6.29 Å². The maximum absolute atomic E-state index is 11.0. The lowest BCUT2D eigenvalue weighted by molar-refractivity contribution is -0.139. The number of unbranched alkanes of at least 4 members (excludes halogenated alkanes) is 1. The van der Waals surface area contributed by atoms with Crippen molar-refractivity contribution in [2.75, 3.05) is 19.8 Å². The minimum atomic E-state index is -0.468. The summed E-state index contributed by atoms with van der Waals surface area (Å²) in [4.78, 5) is 11.0. The van der Waals surface area contributed by atoms with Crippen LogP contribution in [0.5, 0.6) is 0 Å². The second-order valence-electron chi connectivity index (χ2n) is 4.14. The first-order chi connectivity index (χ1) is 7.33. The van der Waals surface area contributed by atoms with Gasteiger partial charge in [0, 0.05) is 19.8 Å². The molecule has 88 valence electrons. The molecule has 0 aromatic carbocycles. The Morgan fingerprint density at radius 1 is 1.40 bits per heavy atom. The van der Waals surface area contributed by atoms with E-state index < -0.39 is 5.60 Å². The molecule has 1 rings (SSSR count). The Morgan fingerprint density at radius 3 is 2.87 bits per heavy atom. The van der Waals surface area contributed by atoms with E-state index >= 15 is 0 Å². The minimum absolute atomic E-state index is 0.468. The van der Waals surface area contributed by atoms with E-state index in [0.717, 1.165) is 64.6 Å². The first kappa shape index (κ1) is 12.7. The van der Waals surface area contributed by atoms with Gasteiger partial charge in [-0.15, -0.1) is 0 Å². The Labute approximate surface area is 92.1 Å². The van der Waals surface area contributed by atoms with E-state index in [1.807, 2.05) is 6.92 Å². The van der Waals surface area contributed by atoms with Gasteiger partial charge in [0.1, 0.15) is 5.60 Å². The molecular weight excluding hydrogens is 192 g/mol. The number of ether oxygens (including phenoxy) is 2. The molecule has 0 spiro atoms. The van der Waals surface area contributed by atoms with E-state index in [0.29, 0.717) is 0 Å². The summed E-state index contributed by atoms with van der Waals surface area (Å²) in [5, 5.41) is 0. The lowest BCUT2D eigenvalue weighted by Crippen LogP contribution is -2.37. The van der Waals surface area contributed by atoms with Crippen LogP contribution in [0.15, 0.2) is 0 Å². The van der Waals surface area contributed by atoms with E-state index in [-0.39, 0.29) is 0 Å². The van der Waals surface area contributed by atoms with Crippen molar-refractivity contribution in [2.45, 2.75) is 51.0 Å². The molecule has 3 heteroatoms. The molecule has 1 saturated heterocycles. The van der Waals surface area contributed by atoms with Crippen molar-refractivity contribution in [3.05, 3.63) is 0 Å². The average molecular weight is 214 g/mol. The summed E-state index contributed by atoms with van der Waals surface area (Å²) in [5.74, 6) is 0. The smallest absolute Gasteiger partial charge is 0.151 e. The standard InChI is InChI=1S/C12H22O3/c1-2-14-9-5-3-7-12(11-13)8-4-6-10-15-12/h11H,2-10H2,1H3. The predicted octanol–water partition coefficient (Wildman–Crippen LogP) is 2.33. The minimum Gasteiger partial charge on any atom is -0.382 e. The van der Waals surface area contributed by atoms with Gasteiger partial charge >= 0.3 is 0 Å². The van der Waals surface area contributed by atoms with Gasteiger partial charge in [0.05, 0.1) is 0 Å². The highest BCUT2D eigenvalue weighted by Gasteiger charge is 2.31. The summed E-state index contributed by atoms with van der Waals surface area (Å²) in [5.41, 5.74) is -0.468. The topological polar surface area (TPSA) is 35.5 Å². The molecular formula is C12H22O3. The second-order valence-corrected chi connectivity index (χ2v) is 4.14. The van der Waals surface area contributed by atoms with Crippen LogP contribution in [0, 0.1) is 0 Å². The zero-order chi connectivity index (χ0) is 11.0. The van der Waals surface area contributed by atoms with Crippen LogP contribution in [0.3, 0.4) is 0 Å². The third kappa shape index (κ3) is 4.31. The molecule has 0 aromatic heterocycles. The third-order valence-electron chi connectivity index (χ3n) is 2.94. The monoisotopic (exact) mass is 214 g/mol. The Balaban J connectivity index is 2.18. The Kier molecular flexibility index (Phi) is 5.88. The fourth-order valence-electron chi connectivity index (χ4n) is 2.00. The number of aldehydes is 1. The lowest BCUT2D eigenvalue weighted by atomic mass is 9.90. The van der Waals surface area contributed by atoms with Crippen LogP contribution in [0.4, 0.5) is 0 Å². The van der Waals surface area contributed by atoms with E-state index in [4.69, 9.17) is 9.47 Å². The van der Waals surface area contributed by atoms with Crippen LogP contribution < -0.4 is 0 Å². The maximum atomic E-state index is 11.0. The first-order valence-corrected chi connectivity index (χ1v) is 6.01. The molecule has 0 bridgehead atoms. The molecule has 1 heterocycles. The molecule has 0 N–H and O–H groups in total. The van der Waals surface area contributed by atoms with Crippen LogP contribution in [-0.2, 0) is 14.3 Å². The lowest BCUT2D eigenvalue weighted by Gasteiger charge is -2.32. The van der Waals surface area contributed by atoms with E-state index in [2.05, 4.69) is 0 Å². The Morgan fingerprint density at radius 2 is 2.27 bits per heavy atom. The zero-order valence-electron chi connectivity index (χ0n) is 9.67. The van der Waals surface area contributed by atoms with Crippen molar-refractivity contribution in [1.82, 2.24) is 0 Å². The predicted molar refractivity (Wildman–Crippen MR) is 58.9 cm³/mol. The second kappa shape index (κ2) is 6.96. The van der Waals surface area contributed by atoms with E-state index in [1.165, 1.54) is 0 Å². The van der Waals surface area contributed by atoms with Gasteiger partial charge in [-0.05, 0) is 45.4 Å². The Bertz CT molecular complexity index is 174.